The largest absolute Gasteiger partial charge is 0.463 e. The van der Waals surface area contributed by atoms with E-state index < -0.39 is 12.0 Å². The van der Waals surface area contributed by atoms with E-state index in [0.717, 1.165) is 11.1 Å². The maximum absolute atomic E-state index is 12.5. The van der Waals surface area contributed by atoms with E-state index >= 15 is 0 Å². The fourth-order valence-corrected chi connectivity index (χ4v) is 3.81. The number of thioether (sulfide) groups is 1. The molecule has 1 saturated heterocycles. The van der Waals surface area contributed by atoms with Crippen LogP contribution in [0, 0.1) is 6.92 Å². The first kappa shape index (κ1) is 15.8. The normalized spacial score (nSPS) is 20.5. The minimum Gasteiger partial charge on any atom is -0.463 e. The summed E-state index contributed by atoms with van der Waals surface area (Å²) in [6.07, 6.45) is 0. The van der Waals surface area contributed by atoms with Gasteiger partial charge < -0.3 is 4.74 Å². The van der Waals surface area contributed by atoms with Crippen molar-refractivity contribution in [3.05, 3.63) is 46.7 Å². The lowest BCUT2D eigenvalue weighted by molar-refractivity contribution is -0.139. The molecule has 0 bridgehead atoms. The third-order valence-corrected chi connectivity index (χ3v) is 4.77. The van der Waals surface area contributed by atoms with E-state index in [2.05, 4.69) is 4.99 Å². The number of amidine groups is 1. The summed E-state index contributed by atoms with van der Waals surface area (Å²) in [5.41, 5.74) is 3.03. The van der Waals surface area contributed by atoms with Crippen LogP contribution in [0.5, 0.6) is 0 Å². The van der Waals surface area contributed by atoms with Crippen LogP contribution in [-0.2, 0) is 14.3 Å². The first-order chi connectivity index (χ1) is 11.0. The quantitative estimate of drug-likeness (QED) is 0.800. The lowest BCUT2D eigenvalue weighted by atomic mass is 9.93. The molecule has 0 N–H and O–H groups in total. The summed E-state index contributed by atoms with van der Waals surface area (Å²) in [4.78, 5) is 30.9. The van der Waals surface area contributed by atoms with Crippen LogP contribution in [-0.4, -0.2) is 34.3 Å². The van der Waals surface area contributed by atoms with Crippen molar-refractivity contribution in [1.82, 2.24) is 4.90 Å². The number of amides is 1. The Labute approximate surface area is 139 Å². The van der Waals surface area contributed by atoms with Crippen molar-refractivity contribution in [3.63, 3.8) is 0 Å². The van der Waals surface area contributed by atoms with E-state index in [1.807, 2.05) is 31.2 Å². The van der Waals surface area contributed by atoms with Crippen LogP contribution in [0.4, 0.5) is 0 Å². The predicted octanol–water partition coefficient (Wildman–Crippen LogP) is 2.82. The zero-order chi connectivity index (χ0) is 16.6. The third kappa shape index (κ3) is 2.79. The number of carbonyl (C=O) groups is 2. The Morgan fingerprint density at radius 1 is 1.43 bits per heavy atom. The highest BCUT2D eigenvalue weighted by Crippen LogP contribution is 2.41. The second kappa shape index (κ2) is 6.20. The Kier molecular flexibility index (Phi) is 4.26. The molecule has 0 aromatic heterocycles. The maximum atomic E-state index is 12.5. The monoisotopic (exact) mass is 330 g/mol. The highest BCUT2D eigenvalue weighted by molar-refractivity contribution is 8.15. The van der Waals surface area contributed by atoms with Gasteiger partial charge in [-0.1, -0.05) is 41.6 Å². The Morgan fingerprint density at radius 3 is 2.91 bits per heavy atom. The predicted molar refractivity (Wildman–Crippen MR) is 90.0 cm³/mol. The van der Waals surface area contributed by atoms with Crippen LogP contribution in [0.1, 0.15) is 31.0 Å². The highest BCUT2D eigenvalue weighted by Gasteiger charge is 2.43. The van der Waals surface area contributed by atoms with Gasteiger partial charge in [-0.15, -0.1) is 0 Å². The van der Waals surface area contributed by atoms with Gasteiger partial charge in [0.15, 0.2) is 5.17 Å². The average Bonchev–Trinajstić information content (AvgIpc) is 2.87. The molecule has 1 atom stereocenters. The molecule has 0 aliphatic carbocycles. The van der Waals surface area contributed by atoms with Gasteiger partial charge in [0.05, 0.1) is 29.7 Å². The molecule has 6 heteroatoms. The topological polar surface area (TPSA) is 59.0 Å². The molecule has 0 radical (unpaired) electrons. The van der Waals surface area contributed by atoms with Gasteiger partial charge in [0.2, 0.25) is 5.91 Å². The molecule has 120 valence electrons. The number of rotatable bonds is 3. The second-order valence-corrected chi connectivity index (χ2v) is 6.43. The Morgan fingerprint density at radius 2 is 2.22 bits per heavy atom. The Bertz CT molecular complexity index is 739. The zero-order valence-corrected chi connectivity index (χ0v) is 14.1. The average molecular weight is 330 g/mol. The molecule has 1 aromatic rings. The van der Waals surface area contributed by atoms with Crippen LogP contribution >= 0.6 is 11.8 Å². The molecule has 5 nitrogen and oxygen atoms in total. The number of hydrogen-bond donors (Lipinski definition) is 0. The number of carbonyl (C=O) groups excluding carboxylic acids is 2. The van der Waals surface area contributed by atoms with E-state index in [9.17, 15) is 9.59 Å². The maximum Gasteiger partial charge on any atom is 0.338 e. The smallest absolute Gasteiger partial charge is 0.338 e. The summed E-state index contributed by atoms with van der Waals surface area (Å²) in [6.45, 7) is 5.84. The Hall–Kier alpha value is -2.08. The number of ether oxygens (including phenoxy) is 1. The van der Waals surface area contributed by atoms with Crippen LogP contribution in [0.3, 0.4) is 0 Å². The van der Waals surface area contributed by atoms with Gasteiger partial charge in [-0.25, -0.2) is 9.79 Å². The number of benzene rings is 1. The van der Waals surface area contributed by atoms with E-state index in [-0.39, 0.29) is 12.5 Å². The van der Waals surface area contributed by atoms with Crippen molar-refractivity contribution in [2.45, 2.75) is 26.8 Å². The van der Waals surface area contributed by atoms with Crippen molar-refractivity contribution >= 4 is 28.8 Å². The molecule has 2 aliphatic rings. The number of allylic oxidation sites excluding steroid dienone is 1. The number of fused-ring (bicyclic) bond motifs is 1. The minimum atomic E-state index is -0.469. The van der Waals surface area contributed by atoms with Gasteiger partial charge in [-0.3, -0.25) is 9.69 Å². The number of nitrogens with zero attached hydrogens (tertiary/aromatic N) is 2. The summed E-state index contributed by atoms with van der Waals surface area (Å²) in [5, 5.41) is 0.659. The summed E-state index contributed by atoms with van der Waals surface area (Å²) in [6, 6.07) is 7.38. The first-order valence-electron chi connectivity index (χ1n) is 7.51. The third-order valence-electron chi connectivity index (χ3n) is 3.84. The number of esters is 1. The van der Waals surface area contributed by atoms with Gasteiger partial charge in [0, 0.05) is 0 Å². The summed E-state index contributed by atoms with van der Waals surface area (Å²) in [5.74, 6) is -0.0941. The zero-order valence-electron chi connectivity index (χ0n) is 13.3. The molecule has 0 saturated carbocycles. The first-order valence-corrected chi connectivity index (χ1v) is 8.49. The van der Waals surface area contributed by atoms with Crippen molar-refractivity contribution < 1.29 is 14.3 Å². The fraction of sp³-hybridized carbons (Fsp3) is 0.353. The van der Waals surface area contributed by atoms with Crippen LogP contribution in [0.25, 0.3) is 0 Å². The number of hydrogen-bond acceptors (Lipinski definition) is 5. The summed E-state index contributed by atoms with van der Waals surface area (Å²) in [7, 11) is 0. The van der Waals surface area contributed by atoms with Crippen molar-refractivity contribution in [3.8, 4) is 0 Å². The number of aliphatic imine (C=N–C) groups is 1. The second-order valence-electron chi connectivity index (χ2n) is 5.48. The van der Waals surface area contributed by atoms with Crippen LogP contribution < -0.4 is 0 Å². The molecule has 2 aliphatic heterocycles. The van der Waals surface area contributed by atoms with Crippen LogP contribution in [0.15, 0.2) is 40.5 Å². The summed E-state index contributed by atoms with van der Waals surface area (Å²) < 4.78 is 5.21. The number of aryl methyl sites for hydroxylation is 1. The molecular weight excluding hydrogens is 312 g/mol. The molecular formula is C17H18N2O3S. The van der Waals surface area contributed by atoms with Gasteiger partial charge in [0.1, 0.15) is 0 Å². The highest BCUT2D eigenvalue weighted by atomic mass is 32.2. The SMILES string of the molecule is CCOC(=O)C1=C(C)N=C2SCC(=O)N2C1c1cccc(C)c1. The van der Waals surface area contributed by atoms with E-state index in [1.54, 1.807) is 18.7 Å². The molecule has 1 aromatic carbocycles. The molecule has 23 heavy (non-hydrogen) atoms. The van der Waals surface area contributed by atoms with Gasteiger partial charge in [0.25, 0.3) is 0 Å². The lowest BCUT2D eigenvalue weighted by Gasteiger charge is -2.33. The van der Waals surface area contributed by atoms with Crippen molar-refractivity contribution in [2.75, 3.05) is 12.4 Å². The summed E-state index contributed by atoms with van der Waals surface area (Å²) >= 11 is 1.41. The van der Waals surface area contributed by atoms with Crippen molar-refractivity contribution in [1.29, 1.82) is 0 Å². The van der Waals surface area contributed by atoms with Gasteiger partial charge in [-0.05, 0) is 26.3 Å². The molecule has 1 unspecified atom stereocenters. The lowest BCUT2D eigenvalue weighted by Crippen LogP contribution is -2.39. The molecule has 3 rings (SSSR count). The van der Waals surface area contributed by atoms with E-state index in [4.69, 9.17) is 4.74 Å². The van der Waals surface area contributed by atoms with E-state index in [1.165, 1.54) is 11.8 Å². The minimum absolute atomic E-state index is 0.0328. The molecule has 0 spiro atoms. The van der Waals surface area contributed by atoms with Gasteiger partial charge >= 0.3 is 5.97 Å². The standard InChI is InChI=1S/C17H18N2O3S/c1-4-22-16(21)14-11(3)18-17-19(13(20)9-23-17)15(14)12-7-5-6-10(2)8-12/h5-8,15H,4,9H2,1-3H3. The van der Waals surface area contributed by atoms with Gasteiger partial charge in [-0.2, -0.15) is 0 Å². The van der Waals surface area contributed by atoms with Crippen molar-refractivity contribution in [2.24, 2.45) is 4.99 Å². The molecule has 2 heterocycles. The Balaban J connectivity index is 2.15. The fourth-order valence-electron chi connectivity index (χ4n) is 2.87. The molecule has 1 fully saturated rings. The van der Waals surface area contributed by atoms with E-state index in [0.29, 0.717) is 22.2 Å². The van der Waals surface area contributed by atoms with Crippen LogP contribution in [0.2, 0.25) is 0 Å². The molecule has 1 amide bonds.